The molecule has 190 valence electrons. The van der Waals surface area contributed by atoms with E-state index in [-0.39, 0.29) is 17.7 Å². The fourth-order valence-corrected chi connectivity index (χ4v) is 4.31. The Bertz CT molecular complexity index is 1100. The molecule has 0 aliphatic carbocycles. The third-order valence-electron chi connectivity index (χ3n) is 5.55. The van der Waals surface area contributed by atoms with Crippen molar-refractivity contribution in [2.24, 2.45) is 0 Å². The second-order valence-electron chi connectivity index (χ2n) is 8.35. The standard InChI is InChI=1S/C26H33FNO6P/c1-32-26-12-9-20(18-23(26)27)7-3-2-4-14-33-25-11-10-21(17-22(25)24-8-5-15-34-24)19-28-13-6-16-35(29,30)31/h5,8-12,15,17-18,28H,2-4,6-7,13-14,16,19H2,1H3,(H2,29,30,31). The van der Waals surface area contributed by atoms with Crippen molar-refractivity contribution in [3.8, 4) is 22.8 Å². The van der Waals surface area contributed by atoms with Crippen molar-refractivity contribution in [1.29, 1.82) is 0 Å². The Kier molecular flexibility index (Phi) is 10.4. The summed E-state index contributed by atoms with van der Waals surface area (Å²) < 4.78 is 41.4. The van der Waals surface area contributed by atoms with E-state index in [4.69, 9.17) is 23.7 Å². The first-order chi connectivity index (χ1) is 16.9. The zero-order valence-electron chi connectivity index (χ0n) is 19.9. The Hall–Kier alpha value is -2.64. The quantitative estimate of drug-likeness (QED) is 0.184. The van der Waals surface area contributed by atoms with Crippen LogP contribution in [0.1, 0.15) is 36.8 Å². The van der Waals surface area contributed by atoms with Crippen LogP contribution in [0.25, 0.3) is 11.3 Å². The van der Waals surface area contributed by atoms with Gasteiger partial charge in [-0.15, -0.1) is 0 Å². The van der Waals surface area contributed by atoms with E-state index in [1.54, 1.807) is 12.3 Å². The lowest BCUT2D eigenvalue weighted by molar-refractivity contribution is 0.305. The number of hydrogen-bond acceptors (Lipinski definition) is 5. The fourth-order valence-electron chi connectivity index (χ4n) is 3.74. The monoisotopic (exact) mass is 505 g/mol. The maximum absolute atomic E-state index is 13.8. The van der Waals surface area contributed by atoms with Crippen LogP contribution in [0, 0.1) is 5.82 Å². The molecular weight excluding hydrogens is 472 g/mol. The van der Waals surface area contributed by atoms with Crippen LogP contribution in [-0.4, -0.2) is 36.2 Å². The highest BCUT2D eigenvalue weighted by atomic mass is 31.2. The molecule has 2 aromatic carbocycles. The number of aryl methyl sites for hydroxylation is 1. The van der Waals surface area contributed by atoms with Crippen LogP contribution >= 0.6 is 7.60 Å². The van der Waals surface area contributed by atoms with Gasteiger partial charge in [0.05, 0.1) is 31.7 Å². The minimum atomic E-state index is -3.95. The molecule has 3 rings (SSSR count). The Balaban J connectivity index is 1.46. The molecule has 3 N–H and O–H groups in total. The second kappa shape index (κ2) is 13.4. The van der Waals surface area contributed by atoms with Gasteiger partial charge in [0.25, 0.3) is 0 Å². The lowest BCUT2D eigenvalue weighted by Gasteiger charge is -2.13. The lowest BCUT2D eigenvalue weighted by atomic mass is 10.1. The third kappa shape index (κ3) is 9.15. The molecule has 7 nitrogen and oxygen atoms in total. The van der Waals surface area contributed by atoms with E-state index in [0.29, 0.717) is 31.9 Å². The van der Waals surface area contributed by atoms with Crippen molar-refractivity contribution in [3.05, 3.63) is 71.7 Å². The molecule has 3 aromatic rings. The van der Waals surface area contributed by atoms with Crippen LogP contribution in [0.5, 0.6) is 11.5 Å². The van der Waals surface area contributed by atoms with Gasteiger partial charge in [0.1, 0.15) is 11.5 Å². The number of hydrogen-bond donors (Lipinski definition) is 3. The molecular formula is C26H33FNO6P. The van der Waals surface area contributed by atoms with Crippen LogP contribution in [0.15, 0.2) is 59.2 Å². The smallest absolute Gasteiger partial charge is 0.325 e. The van der Waals surface area contributed by atoms with E-state index in [2.05, 4.69) is 5.32 Å². The zero-order chi connectivity index (χ0) is 25.1. The first-order valence-electron chi connectivity index (χ1n) is 11.7. The average Bonchev–Trinajstić information content (AvgIpc) is 3.36. The normalized spacial score (nSPS) is 11.5. The molecule has 0 atom stereocenters. The molecule has 9 heteroatoms. The van der Waals surface area contributed by atoms with E-state index in [1.807, 2.05) is 36.4 Å². The number of nitrogens with one attached hydrogen (secondary N) is 1. The first-order valence-corrected chi connectivity index (χ1v) is 13.5. The number of rotatable bonds is 15. The molecule has 0 radical (unpaired) electrons. The summed E-state index contributed by atoms with van der Waals surface area (Å²) in [5.74, 6) is 1.38. The van der Waals surface area contributed by atoms with Gasteiger partial charge in [0.2, 0.25) is 0 Å². The number of ether oxygens (including phenoxy) is 2. The number of unbranched alkanes of at least 4 members (excludes halogenated alkanes) is 2. The van der Waals surface area contributed by atoms with E-state index in [9.17, 15) is 8.96 Å². The van der Waals surface area contributed by atoms with Crippen LogP contribution in [-0.2, 0) is 17.5 Å². The van der Waals surface area contributed by atoms with Gasteiger partial charge in [0.15, 0.2) is 11.6 Å². The van der Waals surface area contributed by atoms with E-state index >= 15 is 0 Å². The minimum absolute atomic E-state index is 0.124. The number of furan rings is 1. The van der Waals surface area contributed by atoms with Crippen molar-refractivity contribution >= 4 is 7.60 Å². The molecule has 35 heavy (non-hydrogen) atoms. The van der Waals surface area contributed by atoms with Crippen molar-refractivity contribution in [2.75, 3.05) is 26.4 Å². The van der Waals surface area contributed by atoms with E-state index in [1.165, 1.54) is 13.2 Å². The lowest BCUT2D eigenvalue weighted by Crippen LogP contribution is -2.16. The number of benzene rings is 2. The molecule has 1 aromatic heterocycles. The van der Waals surface area contributed by atoms with Gasteiger partial charge in [-0.05, 0) is 86.2 Å². The Morgan fingerprint density at radius 3 is 2.51 bits per heavy atom. The van der Waals surface area contributed by atoms with Crippen LogP contribution in [0.4, 0.5) is 4.39 Å². The molecule has 0 fully saturated rings. The van der Waals surface area contributed by atoms with Crippen LogP contribution < -0.4 is 14.8 Å². The predicted octanol–water partition coefficient (Wildman–Crippen LogP) is 5.54. The molecule has 1 heterocycles. The largest absolute Gasteiger partial charge is 0.494 e. The maximum Gasteiger partial charge on any atom is 0.325 e. The molecule has 0 aliphatic heterocycles. The molecule has 0 spiro atoms. The summed E-state index contributed by atoms with van der Waals surface area (Å²) in [4.78, 5) is 17.9. The van der Waals surface area contributed by atoms with Gasteiger partial charge < -0.3 is 29.0 Å². The van der Waals surface area contributed by atoms with Crippen LogP contribution in [0.3, 0.4) is 0 Å². The SMILES string of the molecule is COc1ccc(CCCCCOc2ccc(CNCCCP(=O)(O)O)cc2-c2ccco2)cc1F. The summed E-state index contributed by atoms with van der Waals surface area (Å²) in [5, 5.41) is 3.21. The van der Waals surface area contributed by atoms with Gasteiger partial charge in [-0.1, -0.05) is 12.1 Å². The van der Waals surface area contributed by atoms with Gasteiger partial charge in [-0.25, -0.2) is 4.39 Å². The van der Waals surface area contributed by atoms with Crippen molar-refractivity contribution in [2.45, 2.75) is 38.6 Å². The summed E-state index contributed by atoms with van der Waals surface area (Å²) >= 11 is 0. The summed E-state index contributed by atoms with van der Waals surface area (Å²) in [7, 11) is -2.50. The zero-order valence-corrected chi connectivity index (χ0v) is 20.8. The maximum atomic E-state index is 13.8. The van der Waals surface area contributed by atoms with Crippen molar-refractivity contribution < 1.29 is 32.6 Å². The highest BCUT2D eigenvalue weighted by Gasteiger charge is 2.12. The summed E-state index contributed by atoms with van der Waals surface area (Å²) in [5.41, 5.74) is 2.83. The average molecular weight is 506 g/mol. The molecule has 0 aliphatic rings. The Morgan fingerprint density at radius 2 is 1.80 bits per heavy atom. The highest BCUT2D eigenvalue weighted by molar-refractivity contribution is 7.51. The Morgan fingerprint density at radius 1 is 1.00 bits per heavy atom. The van der Waals surface area contributed by atoms with Gasteiger partial charge in [0, 0.05) is 6.54 Å². The molecule has 0 saturated carbocycles. The highest BCUT2D eigenvalue weighted by Crippen LogP contribution is 2.34. The third-order valence-corrected chi connectivity index (χ3v) is 6.45. The van der Waals surface area contributed by atoms with Crippen LogP contribution in [0.2, 0.25) is 0 Å². The minimum Gasteiger partial charge on any atom is -0.494 e. The molecule has 0 saturated heterocycles. The van der Waals surface area contributed by atoms with Gasteiger partial charge in [-0.2, -0.15) is 0 Å². The topological polar surface area (TPSA) is 101 Å². The van der Waals surface area contributed by atoms with Crippen molar-refractivity contribution in [1.82, 2.24) is 5.32 Å². The van der Waals surface area contributed by atoms with E-state index in [0.717, 1.165) is 48.1 Å². The fraction of sp³-hybridized carbons (Fsp3) is 0.385. The summed E-state index contributed by atoms with van der Waals surface area (Å²) in [6, 6.07) is 14.7. The molecule has 0 bridgehead atoms. The molecule has 0 amide bonds. The first kappa shape index (κ1) is 27.0. The van der Waals surface area contributed by atoms with Gasteiger partial charge >= 0.3 is 7.60 Å². The second-order valence-corrected chi connectivity index (χ2v) is 10.1. The van der Waals surface area contributed by atoms with Gasteiger partial charge in [-0.3, -0.25) is 4.57 Å². The summed E-state index contributed by atoms with van der Waals surface area (Å²) in [6.07, 6.45) is 5.47. The van der Waals surface area contributed by atoms with E-state index < -0.39 is 7.60 Å². The molecule has 0 unspecified atom stereocenters. The number of halogens is 1. The predicted molar refractivity (Wildman–Crippen MR) is 133 cm³/mol. The van der Waals surface area contributed by atoms with Crippen molar-refractivity contribution in [3.63, 3.8) is 0 Å². The summed E-state index contributed by atoms with van der Waals surface area (Å²) in [6.45, 7) is 1.65. The Labute approximate surface area is 205 Å². The number of methoxy groups -OCH3 is 1.